The number of benzene rings is 1. The first kappa shape index (κ1) is 22.5. The van der Waals surface area contributed by atoms with Gasteiger partial charge in [0.15, 0.2) is 0 Å². The van der Waals surface area contributed by atoms with Crippen LogP contribution in [0.4, 0.5) is 5.69 Å². The second-order valence-corrected chi connectivity index (χ2v) is 8.97. The number of carbonyl (C=O) groups excluding carboxylic acids is 1. The third kappa shape index (κ3) is 5.71. The third-order valence-electron chi connectivity index (χ3n) is 4.50. The molecule has 0 bridgehead atoms. The second kappa shape index (κ2) is 8.87. The fourth-order valence-corrected chi connectivity index (χ4v) is 2.96. The van der Waals surface area contributed by atoms with Crippen molar-refractivity contribution in [3.8, 4) is 5.75 Å². The van der Waals surface area contributed by atoms with E-state index in [1.54, 1.807) is 0 Å². The minimum absolute atomic E-state index is 0.164. The number of anilines is 1. The molecule has 1 aliphatic heterocycles. The molecule has 5 N–H and O–H groups in total. The predicted octanol–water partition coefficient (Wildman–Crippen LogP) is 3.41. The number of carbonyl (C=O) groups is 1. The van der Waals surface area contributed by atoms with Crippen molar-refractivity contribution >= 4 is 11.6 Å². The average molecular weight is 364 g/mol. The first-order valence-corrected chi connectivity index (χ1v) is 9.52. The Morgan fingerprint density at radius 3 is 1.73 bits per heavy atom. The molecule has 0 spiro atoms. The predicted molar refractivity (Wildman–Crippen MR) is 110 cm³/mol. The molecule has 1 aliphatic rings. The Morgan fingerprint density at radius 1 is 1.00 bits per heavy atom. The molecule has 26 heavy (non-hydrogen) atoms. The number of rotatable bonds is 3. The zero-order chi connectivity index (χ0) is 20.1. The van der Waals surface area contributed by atoms with Gasteiger partial charge in [0.2, 0.25) is 5.91 Å². The maximum atomic E-state index is 12.0. The number of phenolic OH excluding ortho intramolecular Hbond substituents is 1. The van der Waals surface area contributed by atoms with Crippen LogP contribution in [0.2, 0.25) is 0 Å². The van der Waals surface area contributed by atoms with Gasteiger partial charge in [-0.15, -0.1) is 0 Å². The lowest BCUT2D eigenvalue weighted by molar-refractivity contribution is -0.117. The minimum Gasteiger partial charge on any atom is -0.507 e. The van der Waals surface area contributed by atoms with Crippen LogP contribution in [0.25, 0.3) is 0 Å². The number of phenols is 1. The van der Waals surface area contributed by atoms with Gasteiger partial charge in [0.25, 0.3) is 0 Å². The van der Waals surface area contributed by atoms with E-state index in [1.807, 2.05) is 17.0 Å². The van der Waals surface area contributed by atoms with E-state index in [1.165, 1.54) is 0 Å². The molecule has 0 atom stereocenters. The molecule has 148 valence electrons. The Hall–Kier alpha value is -1.59. The highest BCUT2D eigenvalue weighted by Crippen LogP contribution is 2.42. The van der Waals surface area contributed by atoms with E-state index in [9.17, 15) is 9.90 Å². The van der Waals surface area contributed by atoms with Crippen molar-refractivity contribution in [1.82, 2.24) is 0 Å². The van der Waals surface area contributed by atoms with Gasteiger partial charge < -0.3 is 21.5 Å². The molecule has 5 heteroatoms. The highest BCUT2D eigenvalue weighted by Gasteiger charge is 2.30. The Labute approximate surface area is 158 Å². The maximum Gasteiger partial charge on any atom is 0.227 e. The van der Waals surface area contributed by atoms with Crippen LogP contribution in [-0.4, -0.2) is 30.6 Å². The summed E-state index contributed by atoms with van der Waals surface area (Å²) < 4.78 is 0. The Bertz CT molecular complexity index is 576. The Kier molecular flexibility index (Phi) is 7.66. The summed E-state index contributed by atoms with van der Waals surface area (Å²) in [5.41, 5.74) is 12.5. The SMILES string of the molecule is CC(C)(C)c1cc(N2CCCC2=O)cc(C(C)(C)C)c1O.NCCCN. The molecule has 1 saturated heterocycles. The van der Waals surface area contributed by atoms with Gasteiger partial charge in [0.05, 0.1) is 0 Å². The van der Waals surface area contributed by atoms with Crippen molar-refractivity contribution in [1.29, 1.82) is 0 Å². The molecule has 1 aromatic carbocycles. The summed E-state index contributed by atoms with van der Waals surface area (Å²) in [5.74, 6) is 0.547. The minimum atomic E-state index is -0.164. The van der Waals surface area contributed by atoms with E-state index in [-0.39, 0.29) is 16.7 Å². The summed E-state index contributed by atoms with van der Waals surface area (Å²) in [6.07, 6.45) is 2.48. The third-order valence-corrected chi connectivity index (χ3v) is 4.50. The van der Waals surface area contributed by atoms with Crippen molar-refractivity contribution in [3.63, 3.8) is 0 Å². The van der Waals surface area contributed by atoms with Crippen LogP contribution in [-0.2, 0) is 15.6 Å². The molecule has 0 radical (unpaired) electrons. The molecule has 2 rings (SSSR count). The summed E-state index contributed by atoms with van der Waals surface area (Å²) in [5, 5.41) is 10.7. The van der Waals surface area contributed by atoms with E-state index in [0.29, 0.717) is 12.2 Å². The highest BCUT2D eigenvalue weighted by atomic mass is 16.3. The molecule has 0 unspecified atom stereocenters. The van der Waals surface area contributed by atoms with Gasteiger partial charge in [-0.1, -0.05) is 41.5 Å². The van der Waals surface area contributed by atoms with E-state index in [2.05, 4.69) is 41.5 Å². The van der Waals surface area contributed by atoms with Gasteiger partial charge in [0.1, 0.15) is 5.75 Å². The second-order valence-electron chi connectivity index (χ2n) is 8.97. The molecule has 0 aliphatic carbocycles. The zero-order valence-electron chi connectivity index (χ0n) is 17.4. The number of amides is 1. The molecular weight excluding hydrogens is 326 g/mol. The number of nitrogens with two attached hydrogens (primary N) is 2. The smallest absolute Gasteiger partial charge is 0.227 e. The lowest BCUT2D eigenvalue weighted by Gasteiger charge is -2.30. The molecule has 1 aromatic rings. The van der Waals surface area contributed by atoms with Crippen molar-refractivity contribution in [2.75, 3.05) is 24.5 Å². The van der Waals surface area contributed by atoms with Crippen LogP contribution in [0.5, 0.6) is 5.75 Å². The molecule has 0 saturated carbocycles. The van der Waals surface area contributed by atoms with Gasteiger partial charge in [0, 0.05) is 29.8 Å². The first-order valence-electron chi connectivity index (χ1n) is 9.52. The molecule has 1 heterocycles. The molecule has 1 amide bonds. The topological polar surface area (TPSA) is 92.6 Å². The number of hydrogen-bond donors (Lipinski definition) is 3. The summed E-state index contributed by atoms with van der Waals surface area (Å²) in [6, 6.07) is 3.96. The zero-order valence-corrected chi connectivity index (χ0v) is 17.4. The standard InChI is InChI=1S/C18H27NO2.C3H10N2/c1-17(2,3)13-10-12(19-9-7-8-15(19)20)11-14(16(13)21)18(4,5)6;4-2-1-3-5/h10-11,21H,7-9H2,1-6H3;1-5H2. The molecule has 5 nitrogen and oxygen atoms in total. The summed E-state index contributed by atoms with van der Waals surface area (Å²) in [6.45, 7) is 14.7. The largest absolute Gasteiger partial charge is 0.507 e. The highest BCUT2D eigenvalue weighted by molar-refractivity contribution is 5.95. The Morgan fingerprint density at radius 2 is 1.46 bits per heavy atom. The maximum absolute atomic E-state index is 12.0. The van der Waals surface area contributed by atoms with Gasteiger partial charge in [-0.2, -0.15) is 0 Å². The quantitative estimate of drug-likeness (QED) is 0.767. The van der Waals surface area contributed by atoms with Crippen molar-refractivity contribution in [3.05, 3.63) is 23.3 Å². The normalized spacial score (nSPS) is 15.1. The van der Waals surface area contributed by atoms with Crippen LogP contribution in [0.1, 0.15) is 71.9 Å². The molecule has 1 fully saturated rings. The van der Waals surface area contributed by atoms with Crippen LogP contribution in [0.15, 0.2) is 12.1 Å². The van der Waals surface area contributed by atoms with Gasteiger partial charge in [-0.25, -0.2) is 0 Å². The van der Waals surface area contributed by atoms with Crippen LogP contribution >= 0.6 is 0 Å². The number of aromatic hydroxyl groups is 1. The number of nitrogens with zero attached hydrogens (tertiary/aromatic N) is 1. The van der Waals surface area contributed by atoms with E-state index < -0.39 is 0 Å². The fraction of sp³-hybridized carbons (Fsp3) is 0.667. The number of hydrogen-bond acceptors (Lipinski definition) is 4. The van der Waals surface area contributed by atoms with Crippen molar-refractivity contribution in [2.45, 2.75) is 71.6 Å². The summed E-state index contributed by atoms with van der Waals surface area (Å²) in [7, 11) is 0. The lowest BCUT2D eigenvalue weighted by atomic mass is 9.79. The van der Waals surface area contributed by atoms with Gasteiger partial charge >= 0.3 is 0 Å². The summed E-state index contributed by atoms with van der Waals surface area (Å²) in [4.78, 5) is 13.9. The van der Waals surface area contributed by atoms with E-state index in [0.717, 1.165) is 49.3 Å². The average Bonchev–Trinajstić information content (AvgIpc) is 2.93. The van der Waals surface area contributed by atoms with Crippen LogP contribution in [0.3, 0.4) is 0 Å². The Balaban J connectivity index is 0.000000597. The lowest BCUT2D eigenvalue weighted by Crippen LogP contribution is -2.26. The fourth-order valence-electron chi connectivity index (χ4n) is 2.96. The van der Waals surface area contributed by atoms with Crippen LogP contribution in [0, 0.1) is 0 Å². The van der Waals surface area contributed by atoms with Gasteiger partial charge in [-0.3, -0.25) is 4.79 Å². The van der Waals surface area contributed by atoms with Gasteiger partial charge in [-0.05, 0) is 48.9 Å². The molecular formula is C21H37N3O2. The molecule has 0 aromatic heterocycles. The van der Waals surface area contributed by atoms with E-state index in [4.69, 9.17) is 11.5 Å². The van der Waals surface area contributed by atoms with E-state index >= 15 is 0 Å². The monoisotopic (exact) mass is 363 g/mol. The van der Waals surface area contributed by atoms with Crippen molar-refractivity contribution < 1.29 is 9.90 Å². The summed E-state index contributed by atoms with van der Waals surface area (Å²) >= 11 is 0. The van der Waals surface area contributed by atoms with Crippen LogP contribution < -0.4 is 16.4 Å². The van der Waals surface area contributed by atoms with Crippen molar-refractivity contribution in [2.24, 2.45) is 11.5 Å². The first-order chi connectivity index (χ1) is 11.9.